The first-order chi connectivity index (χ1) is 9.88. The van der Waals surface area contributed by atoms with E-state index in [2.05, 4.69) is 5.32 Å². The van der Waals surface area contributed by atoms with Crippen LogP contribution in [-0.2, 0) is 0 Å². The number of nitro benzene ring substituents is 1. The molecular formula is C13H7ClF2N2O3. The second kappa shape index (κ2) is 5.84. The lowest BCUT2D eigenvalue weighted by molar-refractivity contribution is -0.387. The maximum atomic E-state index is 13.6. The molecule has 0 aliphatic heterocycles. The first-order valence-corrected chi connectivity index (χ1v) is 5.96. The van der Waals surface area contributed by atoms with Gasteiger partial charge >= 0.3 is 5.69 Å². The number of carbonyl (C=O) groups excluding carboxylic acids is 1. The Morgan fingerprint density at radius 1 is 1.14 bits per heavy atom. The maximum Gasteiger partial charge on any atom is 0.306 e. The molecular weight excluding hydrogens is 306 g/mol. The minimum absolute atomic E-state index is 0.0255. The van der Waals surface area contributed by atoms with Crippen molar-refractivity contribution in [1.82, 2.24) is 0 Å². The molecule has 0 unspecified atom stereocenters. The van der Waals surface area contributed by atoms with Gasteiger partial charge in [0.2, 0.25) is 5.82 Å². The molecule has 1 N–H and O–H groups in total. The second-order valence-electron chi connectivity index (χ2n) is 4.00. The van der Waals surface area contributed by atoms with E-state index in [1.807, 2.05) is 0 Å². The van der Waals surface area contributed by atoms with E-state index in [1.165, 1.54) is 12.1 Å². The summed E-state index contributed by atoms with van der Waals surface area (Å²) < 4.78 is 26.7. The van der Waals surface area contributed by atoms with Crippen molar-refractivity contribution in [3.63, 3.8) is 0 Å². The van der Waals surface area contributed by atoms with Crippen molar-refractivity contribution in [3.05, 3.63) is 68.7 Å². The van der Waals surface area contributed by atoms with Crippen molar-refractivity contribution >= 4 is 28.9 Å². The molecule has 1 amide bonds. The van der Waals surface area contributed by atoms with Crippen molar-refractivity contribution in [3.8, 4) is 0 Å². The van der Waals surface area contributed by atoms with Crippen LogP contribution in [0.4, 0.5) is 20.2 Å². The molecule has 0 aliphatic rings. The van der Waals surface area contributed by atoms with Gasteiger partial charge in [-0.05, 0) is 30.3 Å². The Morgan fingerprint density at radius 3 is 2.48 bits per heavy atom. The van der Waals surface area contributed by atoms with Gasteiger partial charge in [0.25, 0.3) is 5.91 Å². The molecule has 0 heterocycles. The molecule has 0 radical (unpaired) electrons. The first kappa shape index (κ1) is 14.9. The number of nitrogens with zero attached hydrogens (tertiary/aromatic N) is 1. The minimum atomic E-state index is -1.03. The van der Waals surface area contributed by atoms with E-state index in [4.69, 9.17) is 11.6 Å². The maximum absolute atomic E-state index is 13.6. The van der Waals surface area contributed by atoms with Gasteiger partial charge in [-0.3, -0.25) is 14.9 Å². The molecule has 0 aromatic heterocycles. The van der Waals surface area contributed by atoms with Gasteiger partial charge in [-0.2, -0.15) is 4.39 Å². The van der Waals surface area contributed by atoms with Crippen molar-refractivity contribution in [1.29, 1.82) is 0 Å². The predicted octanol–water partition coefficient (Wildman–Crippen LogP) is 3.78. The zero-order valence-electron chi connectivity index (χ0n) is 10.3. The Labute approximate surface area is 122 Å². The standard InChI is InChI=1S/C13H7ClF2N2O3/c14-7-1-3-9(11(16)5-7)13(19)17-8-2-4-10(15)12(6-8)18(20)21/h1-6H,(H,17,19). The summed E-state index contributed by atoms with van der Waals surface area (Å²) in [5.74, 6) is -2.70. The molecule has 21 heavy (non-hydrogen) atoms. The molecule has 5 nitrogen and oxygen atoms in total. The smallest absolute Gasteiger partial charge is 0.306 e. The predicted molar refractivity (Wildman–Crippen MR) is 72.4 cm³/mol. The minimum Gasteiger partial charge on any atom is -0.322 e. The van der Waals surface area contributed by atoms with Gasteiger partial charge < -0.3 is 5.32 Å². The Kier molecular flexibility index (Phi) is 4.13. The fraction of sp³-hybridized carbons (Fsp3) is 0. The van der Waals surface area contributed by atoms with Gasteiger partial charge in [0.1, 0.15) is 5.82 Å². The van der Waals surface area contributed by atoms with Crippen molar-refractivity contribution < 1.29 is 18.5 Å². The van der Waals surface area contributed by atoms with Gasteiger partial charge in [0.05, 0.1) is 10.5 Å². The van der Waals surface area contributed by atoms with Gasteiger partial charge in [0, 0.05) is 16.8 Å². The van der Waals surface area contributed by atoms with E-state index in [0.717, 1.165) is 24.3 Å². The number of benzene rings is 2. The van der Waals surface area contributed by atoms with E-state index in [-0.39, 0.29) is 16.3 Å². The summed E-state index contributed by atoms with van der Waals surface area (Å²) in [5, 5.41) is 13.0. The molecule has 0 saturated carbocycles. The van der Waals surface area contributed by atoms with Gasteiger partial charge in [-0.15, -0.1) is 0 Å². The van der Waals surface area contributed by atoms with Crippen LogP contribution in [0.2, 0.25) is 5.02 Å². The summed E-state index contributed by atoms with van der Waals surface area (Å²) in [6.45, 7) is 0. The topological polar surface area (TPSA) is 72.2 Å². The van der Waals surface area contributed by atoms with Crippen LogP contribution in [0.3, 0.4) is 0 Å². The third kappa shape index (κ3) is 3.32. The van der Waals surface area contributed by atoms with Gasteiger partial charge in [-0.1, -0.05) is 11.6 Å². The summed E-state index contributed by atoms with van der Waals surface area (Å²) >= 11 is 5.57. The summed E-state index contributed by atoms with van der Waals surface area (Å²) in [7, 11) is 0. The van der Waals surface area contributed by atoms with E-state index >= 15 is 0 Å². The fourth-order valence-corrected chi connectivity index (χ4v) is 1.76. The zero-order chi connectivity index (χ0) is 15.6. The lowest BCUT2D eigenvalue weighted by Crippen LogP contribution is -2.14. The Bertz CT molecular complexity index is 737. The second-order valence-corrected chi connectivity index (χ2v) is 4.44. The third-order valence-electron chi connectivity index (χ3n) is 2.58. The number of nitro groups is 1. The highest BCUT2D eigenvalue weighted by Crippen LogP contribution is 2.22. The molecule has 0 saturated heterocycles. The molecule has 0 fully saturated rings. The van der Waals surface area contributed by atoms with E-state index in [9.17, 15) is 23.7 Å². The van der Waals surface area contributed by atoms with Gasteiger partial charge in [-0.25, -0.2) is 4.39 Å². The summed E-state index contributed by atoms with van der Waals surface area (Å²) in [6, 6.07) is 6.28. The molecule has 2 aromatic carbocycles. The lowest BCUT2D eigenvalue weighted by atomic mass is 10.2. The largest absolute Gasteiger partial charge is 0.322 e. The molecule has 0 bridgehead atoms. The highest BCUT2D eigenvalue weighted by Gasteiger charge is 2.17. The Hall–Kier alpha value is -2.54. The average Bonchev–Trinajstić information content (AvgIpc) is 2.40. The number of anilines is 1. The number of amides is 1. The highest BCUT2D eigenvalue weighted by molar-refractivity contribution is 6.30. The van der Waals surface area contributed by atoms with E-state index < -0.39 is 28.2 Å². The van der Waals surface area contributed by atoms with Crippen molar-refractivity contribution in [2.75, 3.05) is 5.32 Å². The molecule has 0 spiro atoms. The number of nitrogens with one attached hydrogen (secondary N) is 1. The lowest BCUT2D eigenvalue weighted by Gasteiger charge is -2.06. The Morgan fingerprint density at radius 2 is 1.86 bits per heavy atom. The molecule has 0 atom stereocenters. The average molecular weight is 313 g/mol. The van der Waals surface area contributed by atoms with Crippen LogP contribution in [0.15, 0.2) is 36.4 Å². The first-order valence-electron chi connectivity index (χ1n) is 5.59. The normalized spacial score (nSPS) is 10.2. The third-order valence-corrected chi connectivity index (χ3v) is 2.81. The van der Waals surface area contributed by atoms with Crippen LogP contribution in [0.1, 0.15) is 10.4 Å². The number of carbonyl (C=O) groups is 1. The quantitative estimate of drug-likeness (QED) is 0.692. The number of halogens is 3. The molecule has 8 heteroatoms. The van der Waals surface area contributed by atoms with Crippen LogP contribution >= 0.6 is 11.6 Å². The van der Waals surface area contributed by atoms with Crippen LogP contribution in [0, 0.1) is 21.7 Å². The van der Waals surface area contributed by atoms with Crippen LogP contribution in [0.5, 0.6) is 0 Å². The number of rotatable bonds is 3. The number of hydrogen-bond donors (Lipinski definition) is 1. The van der Waals surface area contributed by atoms with Crippen LogP contribution < -0.4 is 5.32 Å². The zero-order valence-corrected chi connectivity index (χ0v) is 11.0. The SMILES string of the molecule is O=C(Nc1ccc(F)c([N+](=O)[O-])c1)c1ccc(Cl)cc1F. The van der Waals surface area contributed by atoms with E-state index in [0.29, 0.717) is 0 Å². The number of hydrogen-bond acceptors (Lipinski definition) is 3. The molecule has 2 rings (SSSR count). The summed E-state index contributed by atoms with van der Waals surface area (Å²) in [4.78, 5) is 21.5. The van der Waals surface area contributed by atoms with Crippen molar-refractivity contribution in [2.24, 2.45) is 0 Å². The monoisotopic (exact) mass is 312 g/mol. The highest BCUT2D eigenvalue weighted by atomic mass is 35.5. The van der Waals surface area contributed by atoms with Crippen LogP contribution in [0.25, 0.3) is 0 Å². The summed E-state index contributed by atoms with van der Waals surface area (Å²) in [6.07, 6.45) is 0. The van der Waals surface area contributed by atoms with Crippen LogP contribution in [-0.4, -0.2) is 10.8 Å². The fourth-order valence-electron chi connectivity index (χ4n) is 1.60. The Balaban J connectivity index is 2.27. The van der Waals surface area contributed by atoms with E-state index in [1.54, 1.807) is 0 Å². The summed E-state index contributed by atoms with van der Waals surface area (Å²) in [5.41, 5.74) is -1.10. The van der Waals surface area contributed by atoms with Gasteiger partial charge in [0.15, 0.2) is 0 Å². The molecule has 108 valence electrons. The molecule has 2 aromatic rings. The van der Waals surface area contributed by atoms with Crippen molar-refractivity contribution in [2.45, 2.75) is 0 Å². The molecule has 0 aliphatic carbocycles.